The van der Waals surface area contributed by atoms with Gasteiger partial charge in [-0.05, 0) is 31.0 Å². The standard InChI is InChI=1S/C14H18ClNO2/c15-10-2-3-13-11(8-10)12(16)9-14(18-13)4-1-6-17-7-5-14/h2-3,8,12H,1,4-7,9,16H2/t12-,14?/m1/s1. The van der Waals surface area contributed by atoms with Crippen LogP contribution in [0.25, 0.3) is 0 Å². The third-order valence-electron chi connectivity index (χ3n) is 3.91. The monoisotopic (exact) mass is 267 g/mol. The average Bonchev–Trinajstić information content (AvgIpc) is 2.56. The molecule has 1 saturated heterocycles. The van der Waals surface area contributed by atoms with E-state index >= 15 is 0 Å². The maximum absolute atomic E-state index is 6.29. The van der Waals surface area contributed by atoms with Gasteiger partial charge in [0.15, 0.2) is 0 Å². The maximum Gasteiger partial charge on any atom is 0.125 e. The zero-order chi connectivity index (χ0) is 12.6. The van der Waals surface area contributed by atoms with Crippen LogP contribution in [0, 0.1) is 0 Å². The summed E-state index contributed by atoms with van der Waals surface area (Å²) in [6.07, 6.45) is 3.82. The molecule has 1 aromatic carbocycles. The molecule has 98 valence electrons. The van der Waals surface area contributed by atoms with Crippen molar-refractivity contribution in [1.29, 1.82) is 0 Å². The second kappa shape index (κ2) is 4.72. The first kappa shape index (κ1) is 12.3. The first-order valence-electron chi connectivity index (χ1n) is 6.50. The first-order valence-corrected chi connectivity index (χ1v) is 6.88. The fourth-order valence-electron chi connectivity index (χ4n) is 2.98. The van der Waals surface area contributed by atoms with Crippen molar-refractivity contribution < 1.29 is 9.47 Å². The lowest BCUT2D eigenvalue weighted by Gasteiger charge is -2.40. The first-order chi connectivity index (χ1) is 8.69. The van der Waals surface area contributed by atoms with Gasteiger partial charge in [-0.1, -0.05) is 11.6 Å². The molecule has 0 amide bonds. The lowest BCUT2D eigenvalue weighted by molar-refractivity contribution is 0.0156. The summed E-state index contributed by atoms with van der Waals surface area (Å²) in [5.41, 5.74) is 7.18. The van der Waals surface area contributed by atoms with Gasteiger partial charge >= 0.3 is 0 Å². The van der Waals surface area contributed by atoms with Crippen LogP contribution in [-0.2, 0) is 4.74 Å². The Labute approximate surface area is 112 Å². The van der Waals surface area contributed by atoms with Gasteiger partial charge in [0.2, 0.25) is 0 Å². The number of fused-ring (bicyclic) bond motifs is 1. The topological polar surface area (TPSA) is 44.5 Å². The minimum Gasteiger partial charge on any atom is -0.487 e. The number of halogens is 1. The van der Waals surface area contributed by atoms with Crippen molar-refractivity contribution >= 4 is 11.6 Å². The molecule has 0 saturated carbocycles. The molecule has 2 N–H and O–H groups in total. The van der Waals surface area contributed by atoms with E-state index in [2.05, 4.69) is 0 Å². The summed E-state index contributed by atoms with van der Waals surface area (Å²) in [6.45, 7) is 1.59. The summed E-state index contributed by atoms with van der Waals surface area (Å²) in [5, 5.41) is 0.716. The predicted octanol–water partition coefficient (Wildman–Crippen LogP) is 3.06. The van der Waals surface area contributed by atoms with Gasteiger partial charge in [-0.3, -0.25) is 0 Å². The maximum atomic E-state index is 6.29. The van der Waals surface area contributed by atoms with Crippen LogP contribution < -0.4 is 10.5 Å². The molecule has 0 aliphatic carbocycles. The molecular weight excluding hydrogens is 250 g/mol. The molecule has 0 bridgehead atoms. The molecule has 2 aliphatic rings. The minimum atomic E-state index is -0.142. The molecule has 1 unspecified atom stereocenters. The van der Waals surface area contributed by atoms with Crippen molar-refractivity contribution in [1.82, 2.24) is 0 Å². The van der Waals surface area contributed by atoms with Crippen LogP contribution >= 0.6 is 11.6 Å². The minimum absolute atomic E-state index is 0.00514. The summed E-state index contributed by atoms with van der Waals surface area (Å²) in [7, 11) is 0. The highest BCUT2D eigenvalue weighted by Crippen LogP contribution is 2.43. The van der Waals surface area contributed by atoms with E-state index in [1.54, 1.807) is 0 Å². The third-order valence-corrected chi connectivity index (χ3v) is 4.15. The highest BCUT2D eigenvalue weighted by Gasteiger charge is 2.40. The van der Waals surface area contributed by atoms with Crippen LogP contribution in [0.3, 0.4) is 0 Å². The smallest absolute Gasteiger partial charge is 0.125 e. The van der Waals surface area contributed by atoms with E-state index in [4.69, 9.17) is 26.8 Å². The highest BCUT2D eigenvalue weighted by molar-refractivity contribution is 6.30. The second-order valence-electron chi connectivity index (χ2n) is 5.24. The molecule has 2 aliphatic heterocycles. The van der Waals surface area contributed by atoms with E-state index in [1.807, 2.05) is 18.2 Å². The highest BCUT2D eigenvalue weighted by atomic mass is 35.5. The molecule has 2 atom stereocenters. The zero-order valence-electron chi connectivity index (χ0n) is 10.3. The number of hydrogen-bond donors (Lipinski definition) is 1. The van der Waals surface area contributed by atoms with Crippen LogP contribution in [0.2, 0.25) is 5.02 Å². The van der Waals surface area contributed by atoms with E-state index in [9.17, 15) is 0 Å². The number of ether oxygens (including phenoxy) is 2. The van der Waals surface area contributed by atoms with Gasteiger partial charge in [0.25, 0.3) is 0 Å². The number of nitrogens with two attached hydrogens (primary N) is 1. The third kappa shape index (κ3) is 2.22. The quantitative estimate of drug-likeness (QED) is 0.786. The van der Waals surface area contributed by atoms with E-state index in [1.165, 1.54) is 0 Å². The molecule has 3 rings (SSSR count). The zero-order valence-corrected chi connectivity index (χ0v) is 11.1. The Morgan fingerprint density at radius 3 is 3.06 bits per heavy atom. The predicted molar refractivity (Wildman–Crippen MR) is 71.0 cm³/mol. The number of benzene rings is 1. The van der Waals surface area contributed by atoms with Gasteiger partial charge in [0.1, 0.15) is 11.4 Å². The largest absolute Gasteiger partial charge is 0.487 e. The van der Waals surface area contributed by atoms with Crippen molar-refractivity contribution in [3.8, 4) is 5.75 Å². The van der Waals surface area contributed by atoms with Gasteiger partial charge in [-0.25, -0.2) is 0 Å². The molecule has 3 nitrogen and oxygen atoms in total. The Morgan fingerprint density at radius 2 is 2.17 bits per heavy atom. The summed E-state index contributed by atoms with van der Waals surface area (Å²) < 4.78 is 11.8. The molecule has 1 spiro atoms. The molecule has 4 heteroatoms. The van der Waals surface area contributed by atoms with Crippen molar-refractivity contribution in [3.63, 3.8) is 0 Å². The Hall–Kier alpha value is -0.770. The fourth-order valence-corrected chi connectivity index (χ4v) is 3.16. The molecule has 0 aromatic heterocycles. The number of rotatable bonds is 0. The van der Waals surface area contributed by atoms with Crippen LogP contribution in [0.5, 0.6) is 5.75 Å². The normalized spacial score (nSPS) is 31.6. The van der Waals surface area contributed by atoms with E-state index in [-0.39, 0.29) is 11.6 Å². The Bertz CT molecular complexity index is 441. The molecule has 18 heavy (non-hydrogen) atoms. The summed E-state index contributed by atoms with van der Waals surface area (Å²) in [4.78, 5) is 0. The summed E-state index contributed by atoms with van der Waals surface area (Å²) in [5.74, 6) is 0.889. The fraction of sp³-hybridized carbons (Fsp3) is 0.571. The van der Waals surface area contributed by atoms with Crippen molar-refractivity contribution in [2.45, 2.75) is 37.3 Å². The molecule has 1 aromatic rings. The van der Waals surface area contributed by atoms with Gasteiger partial charge in [0, 0.05) is 36.1 Å². The Balaban J connectivity index is 1.92. The van der Waals surface area contributed by atoms with Crippen molar-refractivity contribution in [2.75, 3.05) is 13.2 Å². The molecule has 1 fully saturated rings. The van der Waals surface area contributed by atoms with Gasteiger partial charge in [-0.2, -0.15) is 0 Å². The summed E-state index contributed by atoms with van der Waals surface area (Å²) in [6, 6.07) is 5.72. The molecule has 0 radical (unpaired) electrons. The SMILES string of the molecule is N[C@@H]1CC2(CCCOCC2)Oc2ccc(Cl)cc21. The van der Waals surface area contributed by atoms with Crippen LogP contribution in [-0.4, -0.2) is 18.8 Å². The second-order valence-corrected chi connectivity index (χ2v) is 5.68. The average molecular weight is 268 g/mol. The number of hydrogen-bond acceptors (Lipinski definition) is 3. The Kier molecular flexibility index (Phi) is 3.22. The molecular formula is C14H18ClNO2. The summed E-state index contributed by atoms with van der Waals surface area (Å²) >= 11 is 6.01. The lowest BCUT2D eigenvalue weighted by Crippen LogP contribution is -2.43. The van der Waals surface area contributed by atoms with Crippen molar-refractivity contribution in [2.24, 2.45) is 5.73 Å². The van der Waals surface area contributed by atoms with Crippen LogP contribution in [0.4, 0.5) is 0 Å². The Morgan fingerprint density at radius 1 is 1.28 bits per heavy atom. The van der Waals surface area contributed by atoms with Gasteiger partial charge < -0.3 is 15.2 Å². The van der Waals surface area contributed by atoms with Gasteiger partial charge in [-0.15, -0.1) is 0 Å². The van der Waals surface area contributed by atoms with E-state index < -0.39 is 0 Å². The van der Waals surface area contributed by atoms with E-state index in [0.717, 1.165) is 50.2 Å². The lowest BCUT2D eigenvalue weighted by atomic mass is 9.83. The van der Waals surface area contributed by atoms with Crippen molar-refractivity contribution in [3.05, 3.63) is 28.8 Å². The molecule has 2 heterocycles. The van der Waals surface area contributed by atoms with Crippen LogP contribution in [0.15, 0.2) is 18.2 Å². The van der Waals surface area contributed by atoms with E-state index in [0.29, 0.717) is 5.02 Å². The van der Waals surface area contributed by atoms with Gasteiger partial charge in [0.05, 0.1) is 6.61 Å². The van der Waals surface area contributed by atoms with Crippen LogP contribution in [0.1, 0.15) is 37.3 Å².